The summed E-state index contributed by atoms with van der Waals surface area (Å²) in [5, 5.41) is 14.1. The number of amides is 2. The molecule has 1 aromatic rings. The molecule has 0 fully saturated rings. The molecule has 1 atom stereocenters. The molecule has 3 N–H and O–H groups in total. The molecule has 21 heavy (non-hydrogen) atoms. The predicted octanol–water partition coefficient (Wildman–Crippen LogP) is 3.61. The number of halogens is 1. The summed E-state index contributed by atoms with van der Waals surface area (Å²) in [4.78, 5) is 22.6. The van der Waals surface area contributed by atoms with Crippen molar-refractivity contribution in [2.24, 2.45) is 0 Å². The summed E-state index contributed by atoms with van der Waals surface area (Å²) in [6, 6.07) is 3.03. The Balaban J connectivity index is 2.55. The summed E-state index contributed by atoms with van der Waals surface area (Å²) in [7, 11) is 0. The average molecular weight is 296 g/mol. The van der Waals surface area contributed by atoms with Gasteiger partial charge < -0.3 is 15.7 Å². The molecule has 0 aliphatic carbocycles. The number of hydrogen-bond acceptors (Lipinski definition) is 2. The zero-order valence-corrected chi connectivity index (χ0v) is 12.3. The molecule has 1 aromatic carbocycles. The lowest BCUT2D eigenvalue weighted by Crippen LogP contribution is -2.36. The SMILES string of the molecule is CCCCCC(C)NC(=O)Nc1ccc(F)c(C(=O)O)c1. The fourth-order valence-electron chi connectivity index (χ4n) is 1.93. The van der Waals surface area contributed by atoms with Crippen LogP contribution in [0.25, 0.3) is 0 Å². The highest BCUT2D eigenvalue weighted by Crippen LogP contribution is 2.15. The fraction of sp³-hybridized carbons (Fsp3) is 0.467. The van der Waals surface area contributed by atoms with E-state index < -0.39 is 23.4 Å². The Morgan fingerprint density at radius 3 is 2.67 bits per heavy atom. The summed E-state index contributed by atoms with van der Waals surface area (Å²) in [6.45, 7) is 4.02. The molecule has 0 saturated heterocycles. The Bertz CT molecular complexity index is 506. The van der Waals surface area contributed by atoms with E-state index in [4.69, 9.17) is 5.11 Å². The van der Waals surface area contributed by atoms with Crippen molar-refractivity contribution in [3.63, 3.8) is 0 Å². The first-order valence-electron chi connectivity index (χ1n) is 7.04. The maximum Gasteiger partial charge on any atom is 0.338 e. The van der Waals surface area contributed by atoms with E-state index in [2.05, 4.69) is 17.6 Å². The number of carboxylic acids is 1. The van der Waals surface area contributed by atoms with Crippen molar-refractivity contribution in [3.05, 3.63) is 29.6 Å². The minimum atomic E-state index is -1.37. The third-order valence-corrected chi connectivity index (χ3v) is 3.07. The van der Waals surface area contributed by atoms with Crippen LogP contribution in [0.4, 0.5) is 14.9 Å². The van der Waals surface area contributed by atoms with Gasteiger partial charge in [0, 0.05) is 11.7 Å². The Hall–Kier alpha value is -2.11. The number of anilines is 1. The lowest BCUT2D eigenvalue weighted by atomic mass is 10.1. The summed E-state index contributed by atoms with van der Waals surface area (Å²) in [5.41, 5.74) is -0.226. The number of benzene rings is 1. The van der Waals surface area contributed by atoms with Gasteiger partial charge >= 0.3 is 12.0 Å². The molecule has 0 aliphatic rings. The molecule has 0 bridgehead atoms. The van der Waals surface area contributed by atoms with Crippen LogP contribution < -0.4 is 10.6 Å². The van der Waals surface area contributed by atoms with Crippen molar-refractivity contribution in [2.45, 2.75) is 45.6 Å². The molecule has 2 amide bonds. The topological polar surface area (TPSA) is 78.4 Å². The maximum atomic E-state index is 13.2. The van der Waals surface area contributed by atoms with Gasteiger partial charge in [-0.3, -0.25) is 0 Å². The monoisotopic (exact) mass is 296 g/mol. The number of hydrogen-bond donors (Lipinski definition) is 3. The highest BCUT2D eigenvalue weighted by atomic mass is 19.1. The summed E-state index contributed by atoms with van der Waals surface area (Å²) >= 11 is 0. The predicted molar refractivity (Wildman–Crippen MR) is 79.1 cm³/mol. The Morgan fingerprint density at radius 2 is 2.05 bits per heavy atom. The number of carboxylic acid groups (broad SMARTS) is 1. The number of aromatic carboxylic acids is 1. The van der Waals surface area contributed by atoms with Gasteiger partial charge in [-0.25, -0.2) is 14.0 Å². The molecule has 0 radical (unpaired) electrons. The molecule has 5 nitrogen and oxygen atoms in total. The van der Waals surface area contributed by atoms with Gasteiger partial charge in [0.05, 0.1) is 5.56 Å². The number of rotatable bonds is 7. The van der Waals surface area contributed by atoms with Gasteiger partial charge in [-0.15, -0.1) is 0 Å². The van der Waals surface area contributed by atoms with Crippen LogP contribution in [0.15, 0.2) is 18.2 Å². The molecule has 6 heteroatoms. The molecular weight excluding hydrogens is 275 g/mol. The molecule has 1 unspecified atom stereocenters. The molecule has 0 saturated carbocycles. The largest absolute Gasteiger partial charge is 0.478 e. The third kappa shape index (κ3) is 5.81. The fourth-order valence-corrected chi connectivity index (χ4v) is 1.93. The molecule has 0 heterocycles. The second-order valence-electron chi connectivity index (χ2n) is 5.00. The van der Waals surface area contributed by atoms with Gasteiger partial charge in [-0.2, -0.15) is 0 Å². The summed E-state index contributed by atoms with van der Waals surface area (Å²) in [6.07, 6.45) is 4.16. The minimum absolute atomic E-state index is 0.0240. The molecule has 116 valence electrons. The van der Waals surface area contributed by atoms with Crippen molar-refractivity contribution in [3.8, 4) is 0 Å². The average Bonchev–Trinajstić information content (AvgIpc) is 2.40. The summed E-state index contributed by atoms with van der Waals surface area (Å²) < 4.78 is 13.2. The van der Waals surface area contributed by atoms with Crippen LogP contribution in [0.5, 0.6) is 0 Å². The molecule has 1 rings (SSSR count). The molecule has 0 spiro atoms. The van der Waals surface area contributed by atoms with Gasteiger partial charge in [0.15, 0.2) is 0 Å². The Kier molecular flexibility index (Phi) is 6.65. The van der Waals surface area contributed by atoms with Crippen LogP contribution in [0.3, 0.4) is 0 Å². The minimum Gasteiger partial charge on any atom is -0.478 e. The zero-order valence-electron chi connectivity index (χ0n) is 12.3. The molecule has 0 aliphatic heterocycles. The van der Waals surface area contributed by atoms with Crippen molar-refractivity contribution < 1.29 is 19.1 Å². The summed E-state index contributed by atoms with van der Waals surface area (Å²) in [5.74, 6) is -2.20. The van der Waals surface area contributed by atoms with E-state index in [0.29, 0.717) is 0 Å². The lowest BCUT2D eigenvalue weighted by Gasteiger charge is -2.14. The van der Waals surface area contributed by atoms with Crippen LogP contribution in [-0.2, 0) is 0 Å². The van der Waals surface area contributed by atoms with Crippen molar-refractivity contribution >= 4 is 17.7 Å². The van der Waals surface area contributed by atoms with E-state index in [1.165, 1.54) is 6.07 Å². The quantitative estimate of drug-likeness (QED) is 0.672. The van der Waals surface area contributed by atoms with E-state index in [-0.39, 0.29) is 11.7 Å². The molecular formula is C15H21FN2O3. The highest BCUT2D eigenvalue weighted by Gasteiger charge is 2.12. The first-order chi connectivity index (χ1) is 9.93. The second-order valence-corrected chi connectivity index (χ2v) is 5.00. The van der Waals surface area contributed by atoms with E-state index >= 15 is 0 Å². The standard InChI is InChI=1S/C15H21FN2O3/c1-3-4-5-6-10(2)17-15(21)18-11-7-8-13(16)12(9-11)14(19)20/h7-10H,3-6H2,1-2H3,(H,19,20)(H2,17,18,21). The number of nitrogens with one attached hydrogen (secondary N) is 2. The Labute approximate surface area is 123 Å². The van der Waals surface area contributed by atoms with Gasteiger partial charge in [0.2, 0.25) is 0 Å². The third-order valence-electron chi connectivity index (χ3n) is 3.07. The zero-order chi connectivity index (χ0) is 15.8. The number of carbonyl (C=O) groups excluding carboxylic acids is 1. The van der Waals surface area contributed by atoms with E-state index in [1.807, 2.05) is 6.92 Å². The first kappa shape index (κ1) is 16.9. The lowest BCUT2D eigenvalue weighted by molar-refractivity contribution is 0.0692. The first-order valence-corrected chi connectivity index (χ1v) is 7.04. The van der Waals surface area contributed by atoms with Gasteiger partial charge in [-0.1, -0.05) is 26.2 Å². The normalized spacial score (nSPS) is 11.8. The van der Waals surface area contributed by atoms with Crippen LogP contribution >= 0.6 is 0 Å². The van der Waals surface area contributed by atoms with Gasteiger partial charge in [0.25, 0.3) is 0 Å². The smallest absolute Gasteiger partial charge is 0.338 e. The number of carbonyl (C=O) groups is 2. The van der Waals surface area contributed by atoms with Gasteiger partial charge in [0.1, 0.15) is 5.82 Å². The number of unbranched alkanes of at least 4 members (excludes halogenated alkanes) is 2. The van der Waals surface area contributed by atoms with Crippen LogP contribution in [0.2, 0.25) is 0 Å². The maximum absolute atomic E-state index is 13.2. The number of urea groups is 1. The Morgan fingerprint density at radius 1 is 1.33 bits per heavy atom. The van der Waals surface area contributed by atoms with Crippen LogP contribution in [0, 0.1) is 5.82 Å². The van der Waals surface area contributed by atoms with Crippen molar-refractivity contribution in [1.82, 2.24) is 5.32 Å². The van der Waals surface area contributed by atoms with E-state index in [9.17, 15) is 14.0 Å². The van der Waals surface area contributed by atoms with E-state index in [0.717, 1.165) is 37.8 Å². The highest BCUT2D eigenvalue weighted by molar-refractivity contribution is 5.93. The van der Waals surface area contributed by atoms with Gasteiger partial charge in [-0.05, 0) is 31.5 Å². The second kappa shape index (κ2) is 8.24. The van der Waals surface area contributed by atoms with Crippen molar-refractivity contribution in [2.75, 3.05) is 5.32 Å². The van der Waals surface area contributed by atoms with Crippen LogP contribution in [0.1, 0.15) is 49.9 Å². The van der Waals surface area contributed by atoms with Crippen molar-refractivity contribution in [1.29, 1.82) is 0 Å². The van der Waals surface area contributed by atoms with Crippen LogP contribution in [-0.4, -0.2) is 23.1 Å². The molecule has 0 aromatic heterocycles. The van der Waals surface area contributed by atoms with E-state index in [1.54, 1.807) is 0 Å².